The van der Waals surface area contributed by atoms with Crippen molar-refractivity contribution in [1.82, 2.24) is 24.7 Å². The van der Waals surface area contributed by atoms with Crippen LogP contribution < -0.4 is 10.1 Å². The molecule has 0 spiro atoms. The van der Waals surface area contributed by atoms with Crippen LogP contribution in [0.25, 0.3) is 0 Å². The lowest BCUT2D eigenvalue weighted by Gasteiger charge is -2.05. The summed E-state index contributed by atoms with van der Waals surface area (Å²) >= 11 is 1.41. The van der Waals surface area contributed by atoms with Crippen LogP contribution in [0.2, 0.25) is 0 Å². The van der Waals surface area contributed by atoms with Gasteiger partial charge in [-0.15, -0.1) is 0 Å². The van der Waals surface area contributed by atoms with Gasteiger partial charge < -0.3 is 10.1 Å². The summed E-state index contributed by atoms with van der Waals surface area (Å²) < 4.78 is 6.78. The first-order valence-corrected chi connectivity index (χ1v) is 6.23. The van der Waals surface area contributed by atoms with Crippen LogP contribution in [0, 0.1) is 0 Å². The quantitative estimate of drug-likeness (QED) is 0.871. The first-order valence-electron chi connectivity index (χ1n) is 5.41. The first-order chi connectivity index (χ1) is 8.71. The molecule has 0 fully saturated rings. The molecule has 0 aliphatic heterocycles. The smallest absolute Gasteiger partial charge is 0.321 e. The zero-order valence-electron chi connectivity index (χ0n) is 10.4. The van der Waals surface area contributed by atoms with Crippen molar-refractivity contribution in [3.63, 3.8) is 0 Å². The summed E-state index contributed by atoms with van der Waals surface area (Å²) in [5, 5.41) is 7.70. The zero-order valence-corrected chi connectivity index (χ0v) is 11.2. The van der Waals surface area contributed by atoms with Crippen LogP contribution in [0.1, 0.15) is 6.92 Å². The van der Waals surface area contributed by atoms with Gasteiger partial charge in [0.25, 0.3) is 0 Å². The second-order valence-electron chi connectivity index (χ2n) is 3.41. The van der Waals surface area contributed by atoms with Crippen LogP contribution in [-0.4, -0.2) is 38.4 Å². The lowest BCUT2D eigenvalue weighted by Crippen LogP contribution is -2.05. The Kier molecular flexibility index (Phi) is 3.98. The van der Waals surface area contributed by atoms with Gasteiger partial charge >= 0.3 is 6.01 Å². The molecule has 18 heavy (non-hydrogen) atoms. The van der Waals surface area contributed by atoms with Crippen LogP contribution in [0.5, 0.6) is 6.01 Å². The number of rotatable bonds is 5. The molecule has 0 atom stereocenters. The summed E-state index contributed by atoms with van der Waals surface area (Å²) in [6.45, 7) is 2.72. The Morgan fingerprint density at radius 1 is 1.39 bits per heavy atom. The predicted octanol–water partition coefficient (Wildman–Crippen LogP) is 1.20. The molecule has 7 nitrogen and oxygen atoms in total. The summed E-state index contributed by atoms with van der Waals surface area (Å²) in [5.74, 6) is 0.510. The summed E-state index contributed by atoms with van der Waals surface area (Å²) in [6, 6.07) is 0.298. The molecule has 1 N–H and O–H groups in total. The lowest BCUT2D eigenvalue weighted by atomic mass is 10.7. The number of methoxy groups -OCH3 is 1. The number of ether oxygens (including phenoxy) is 1. The molecule has 96 valence electrons. The van der Waals surface area contributed by atoms with E-state index in [1.165, 1.54) is 18.9 Å². The number of anilines is 1. The monoisotopic (exact) mass is 266 g/mol. The van der Waals surface area contributed by atoms with E-state index in [1.54, 1.807) is 10.9 Å². The summed E-state index contributed by atoms with van der Waals surface area (Å²) in [6.07, 6.45) is 3.65. The van der Waals surface area contributed by atoms with E-state index in [0.717, 1.165) is 11.4 Å². The van der Waals surface area contributed by atoms with Gasteiger partial charge in [-0.25, -0.2) is 0 Å². The van der Waals surface area contributed by atoms with E-state index >= 15 is 0 Å². The van der Waals surface area contributed by atoms with Crippen LogP contribution >= 0.6 is 11.8 Å². The Balaban J connectivity index is 2.23. The normalized spacial score (nSPS) is 10.4. The minimum absolute atomic E-state index is 0.298. The number of aryl methyl sites for hydroxylation is 1. The maximum Gasteiger partial charge on any atom is 0.321 e. The summed E-state index contributed by atoms with van der Waals surface area (Å²) in [7, 11) is 3.39. The minimum Gasteiger partial charge on any atom is -0.467 e. The summed E-state index contributed by atoms with van der Waals surface area (Å²) in [5.41, 5.74) is 0. The van der Waals surface area contributed by atoms with E-state index in [4.69, 9.17) is 4.74 Å². The minimum atomic E-state index is 0.298. The molecule has 0 saturated heterocycles. The van der Waals surface area contributed by atoms with E-state index in [2.05, 4.69) is 25.4 Å². The van der Waals surface area contributed by atoms with Crippen LogP contribution in [0.3, 0.4) is 0 Å². The van der Waals surface area contributed by atoms with Gasteiger partial charge in [-0.1, -0.05) is 0 Å². The molecular formula is C10H14N6OS. The fraction of sp³-hybridized carbons (Fsp3) is 0.400. The fourth-order valence-electron chi connectivity index (χ4n) is 1.27. The van der Waals surface area contributed by atoms with Gasteiger partial charge in [0.2, 0.25) is 11.1 Å². The largest absolute Gasteiger partial charge is 0.467 e. The highest BCUT2D eigenvalue weighted by atomic mass is 32.2. The molecule has 2 aromatic heterocycles. The van der Waals surface area contributed by atoms with Gasteiger partial charge in [-0.05, 0) is 18.7 Å². The number of hydrogen-bond acceptors (Lipinski definition) is 7. The third-order valence-electron chi connectivity index (χ3n) is 2.00. The second kappa shape index (κ2) is 5.67. The van der Waals surface area contributed by atoms with E-state index in [0.29, 0.717) is 17.1 Å². The second-order valence-corrected chi connectivity index (χ2v) is 4.45. The van der Waals surface area contributed by atoms with Gasteiger partial charge in [0.15, 0.2) is 0 Å². The van der Waals surface area contributed by atoms with Crippen LogP contribution in [0.15, 0.2) is 22.4 Å². The van der Waals surface area contributed by atoms with E-state index in [9.17, 15) is 0 Å². The fourth-order valence-corrected chi connectivity index (χ4v) is 2.04. The Bertz CT molecular complexity index is 529. The van der Waals surface area contributed by atoms with Gasteiger partial charge in [-0.3, -0.25) is 4.68 Å². The van der Waals surface area contributed by atoms with Crippen molar-refractivity contribution < 1.29 is 4.74 Å². The number of nitrogens with zero attached hydrogens (tertiary/aromatic N) is 5. The highest BCUT2D eigenvalue weighted by molar-refractivity contribution is 7.99. The molecule has 0 saturated carbocycles. The molecular weight excluding hydrogens is 252 g/mol. The van der Waals surface area contributed by atoms with Crippen LogP contribution in [0.4, 0.5) is 5.95 Å². The van der Waals surface area contributed by atoms with Gasteiger partial charge in [0.05, 0.1) is 18.2 Å². The zero-order chi connectivity index (χ0) is 13.0. The van der Waals surface area contributed by atoms with Crippen molar-refractivity contribution in [2.24, 2.45) is 7.05 Å². The van der Waals surface area contributed by atoms with Crippen molar-refractivity contribution >= 4 is 17.7 Å². The maximum atomic E-state index is 5.05. The van der Waals surface area contributed by atoms with E-state index in [1.807, 2.05) is 20.2 Å². The molecule has 2 rings (SSSR count). The average molecular weight is 266 g/mol. The topological polar surface area (TPSA) is 77.8 Å². The Hall–Kier alpha value is -1.83. The molecule has 0 aliphatic carbocycles. The standard InChI is InChI=1S/C10H14N6OS/c1-4-11-8-13-9(17-3)15-10(14-8)18-7-5-12-16(2)6-7/h5-6H,4H2,1-3H3,(H,11,13,14,15). The van der Waals surface area contributed by atoms with Crippen molar-refractivity contribution in [2.45, 2.75) is 17.0 Å². The molecule has 0 bridgehead atoms. The molecule has 2 aromatic rings. The molecule has 2 heterocycles. The highest BCUT2D eigenvalue weighted by Gasteiger charge is 2.08. The molecule has 0 aromatic carbocycles. The van der Waals surface area contributed by atoms with Crippen molar-refractivity contribution in [3.05, 3.63) is 12.4 Å². The van der Waals surface area contributed by atoms with Crippen LogP contribution in [-0.2, 0) is 7.05 Å². The molecule has 0 radical (unpaired) electrons. The first kappa shape index (κ1) is 12.6. The van der Waals surface area contributed by atoms with E-state index in [-0.39, 0.29) is 0 Å². The van der Waals surface area contributed by atoms with E-state index < -0.39 is 0 Å². The Labute approximate surface area is 109 Å². The molecule has 0 amide bonds. The highest BCUT2D eigenvalue weighted by Crippen LogP contribution is 2.25. The molecule has 0 aliphatic rings. The van der Waals surface area contributed by atoms with Crippen molar-refractivity contribution in [2.75, 3.05) is 19.0 Å². The Morgan fingerprint density at radius 2 is 2.22 bits per heavy atom. The third-order valence-corrected chi connectivity index (χ3v) is 2.81. The average Bonchev–Trinajstić information content (AvgIpc) is 2.75. The van der Waals surface area contributed by atoms with Crippen molar-refractivity contribution in [3.8, 4) is 6.01 Å². The van der Waals surface area contributed by atoms with Crippen molar-refractivity contribution in [1.29, 1.82) is 0 Å². The maximum absolute atomic E-state index is 5.05. The summed E-state index contributed by atoms with van der Waals surface area (Å²) in [4.78, 5) is 13.5. The van der Waals surface area contributed by atoms with Gasteiger partial charge in [-0.2, -0.15) is 20.1 Å². The molecule has 8 heteroatoms. The number of hydrogen-bond donors (Lipinski definition) is 1. The van der Waals surface area contributed by atoms with Gasteiger partial charge in [0.1, 0.15) is 0 Å². The predicted molar refractivity (Wildman–Crippen MR) is 67.9 cm³/mol. The SMILES string of the molecule is CCNc1nc(OC)nc(Sc2cnn(C)c2)n1. The Morgan fingerprint density at radius 3 is 2.83 bits per heavy atom. The number of nitrogens with one attached hydrogen (secondary N) is 1. The lowest BCUT2D eigenvalue weighted by molar-refractivity contribution is 0.373. The molecule has 0 unspecified atom stereocenters. The number of aromatic nitrogens is 5. The third kappa shape index (κ3) is 3.10. The van der Waals surface area contributed by atoms with Gasteiger partial charge in [0, 0.05) is 19.8 Å².